The van der Waals surface area contributed by atoms with Crippen molar-refractivity contribution in [2.75, 3.05) is 52.9 Å². The van der Waals surface area contributed by atoms with Gasteiger partial charge in [-0.1, -0.05) is 0 Å². The normalized spacial score (nSPS) is 22.6. The second kappa shape index (κ2) is 8.68. The maximum Gasteiger partial charge on any atom is 0.234 e. The first kappa shape index (κ1) is 16.7. The fraction of sp³-hybridized carbons (Fsp3) is 0.933. The summed E-state index contributed by atoms with van der Waals surface area (Å²) in [6, 6.07) is 0.492. The van der Waals surface area contributed by atoms with Gasteiger partial charge in [-0.25, -0.2) is 0 Å². The molecule has 2 rings (SSSR count). The van der Waals surface area contributed by atoms with Crippen molar-refractivity contribution in [2.24, 2.45) is 0 Å². The molecule has 21 heavy (non-hydrogen) atoms. The third-order valence-corrected chi connectivity index (χ3v) is 4.53. The number of hydrogen-bond donors (Lipinski definition) is 3. The van der Waals surface area contributed by atoms with E-state index in [4.69, 9.17) is 0 Å². The number of rotatable bonds is 7. The molecule has 6 heteroatoms. The average molecular weight is 298 g/mol. The van der Waals surface area contributed by atoms with E-state index >= 15 is 0 Å². The molecule has 0 aromatic heterocycles. The first-order valence-electron chi connectivity index (χ1n) is 8.23. The molecule has 2 aliphatic rings. The minimum absolute atomic E-state index is 0.0107. The number of nitrogens with one attached hydrogen (secondary N) is 2. The number of likely N-dealkylation sites (tertiary alicyclic amines) is 1. The van der Waals surface area contributed by atoms with Crippen LogP contribution in [-0.2, 0) is 4.79 Å². The first-order valence-corrected chi connectivity index (χ1v) is 8.23. The highest BCUT2D eigenvalue weighted by molar-refractivity contribution is 5.78. The maximum absolute atomic E-state index is 11.9. The molecule has 0 aliphatic carbocycles. The van der Waals surface area contributed by atoms with Crippen LogP contribution in [0.3, 0.4) is 0 Å². The summed E-state index contributed by atoms with van der Waals surface area (Å²) in [5.41, 5.74) is 0. The van der Waals surface area contributed by atoms with Gasteiger partial charge in [0.2, 0.25) is 5.91 Å². The molecule has 0 bridgehead atoms. The van der Waals surface area contributed by atoms with E-state index in [0.717, 1.165) is 39.0 Å². The summed E-state index contributed by atoms with van der Waals surface area (Å²) in [5, 5.41) is 16.1. The van der Waals surface area contributed by atoms with E-state index in [2.05, 4.69) is 20.4 Å². The van der Waals surface area contributed by atoms with Gasteiger partial charge >= 0.3 is 0 Å². The number of hydrogen-bond acceptors (Lipinski definition) is 5. The Morgan fingerprint density at radius 2 is 2.05 bits per heavy atom. The third-order valence-electron chi connectivity index (χ3n) is 4.53. The summed E-state index contributed by atoms with van der Waals surface area (Å²) in [4.78, 5) is 16.3. The van der Waals surface area contributed by atoms with Crippen LogP contribution in [-0.4, -0.2) is 85.8 Å². The third kappa shape index (κ3) is 5.90. The van der Waals surface area contributed by atoms with Crippen LogP contribution in [0.15, 0.2) is 0 Å². The molecule has 6 nitrogen and oxygen atoms in total. The van der Waals surface area contributed by atoms with Gasteiger partial charge in [-0.15, -0.1) is 0 Å². The molecular formula is C15H30N4O2. The topological polar surface area (TPSA) is 67.8 Å². The molecule has 1 amide bonds. The standard InChI is InChI=1S/C15H30N4O2/c1-18(13-4-6-16-7-5-13)12-15(21)17-10-14(20)11-19-8-2-3-9-19/h13-14,16,20H,2-12H2,1H3,(H,17,21). The lowest BCUT2D eigenvalue weighted by molar-refractivity contribution is -0.123. The molecular weight excluding hydrogens is 268 g/mol. The van der Waals surface area contributed by atoms with Crippen LogP contribution in [0, 0.1) is 0 Å². The quantitative estimate of drug-likeness (QED) is 0.577. The number of aliphatic hydroxyl groups is 1. The SMILES string of the molecule is CN(CC(=O)NCC(O)CN1CCCC1)C1CCNCC1. The van der Waals surface area contributed by atoms with Gasteiger partial charge in [0.25, 0.3) is 0 Å². The lowest BCUT2D eigenvalue weighted by Gasteiger charge is -2.31. The van der Waals surface area contributed by atoms with E-state index in [1.165, 1.54) is 12.8 Å². The van der Waals surface area contributed by atoms with Crippen molar-refractivity contribution in [3.63, 3.8) is 0 Å². The molecule has 2 aliphatic heterocycles. The van der Waals surface area contributed by atoms with Gasteiger partial charge in [-0.3, -0.25) is 9.69 Å². The Hall–Kier alpha value is -0.690. The minimum atomic E-state index is -0.462. The smallest absolute Gasteiger partial charge is 0.234 e. The summed E-state index contributed by atoms with van der Waals surface area (Å²) in [5.74, 6) is 0.0107. The predicted octanol–water partition coefficient (Wildman–Crippen LogP) is -0.757. The zero-order valence-corrected chi connectivity index (χ0v) is 13.2. The van der Waals surface area contributed by atoms with Gasteiger partial charge in [-0.2, -0.15) is 0 Å². The van der Waals surface area contributed by atoms with Crippen molar-refractivity contribution in [1.29, 1.82) is 0 Å². The zero-order chi connectivity index (χ0) is 15.1. The summed E-state index contributed by atoms with van der Waals surface area (Å²) in [7, 11) is 2.01. The number of carbonyl (C=O) groups is 1. The summed E-state index contributed by atoms with van der Waals surface area (Å²) < 4.78 is 0. The minimum Gasteiger partial charge on any atom is -0.390 e. The number of likely N-dealkylation sites (N-methyl/N-ethyl adjacent to an activating group) is 1. The van der Waals surface area contributed by atoms with Crippen molar-refractivity contribution < 1.29 is 9.90 Å². The monoisotopic (exact) mass is 298 g/mol. The largest absolute Gasteiger partial charge is 0.390 e. The molecule has 0 saturated carbocycles. The Balaban J connectivity index is 1.59. The van der Waals surface area contributed by atoms with Crippen LogP contribution in [0.25, 0.3) is 0 Å². The lowest BCUT2D eigenvalue weighted by Crippen LogP contribution is -2.47. The van der Waals surface area contributed by atoms with Crippen LogP contribution >= 0.6 is 0 Å². The number of piperidine rings is 1. The molecule has 1 atom stereocenters. The summed E-state index contributed by atoms with van der Waals surface area (Å²) in [6.07, 6.45) is 4.18. The lowest BCUT2D eigenvalue weighted by atomic mass is 10.1. The molecule has 2 heterocycles. The second-order valence-corrected chi connectivity index (χ2v) is 6.36. The van der Waals surface area contributed by atoms with Crippen LogP contribution in [0.1, 0.15) is 25.7 Å². The Kier molecular flexibility index (Phi) is 6.89. The Morgan fingerprint density at radius 1 is 1.38 bits per heavy atom. The molecule has 0 aromatic rings. The van der Waals surface area contributed by atoms with E-state index in [1.54, 1.807) is 0 Å². The second-order valence-electron chi connectivity index (χ2n) is 6.36. The highest BCUT2D eigenvalue weighted by atomic mass is 16.3. The molecule has 0 radical (unpaired) electrons. The van der Waals surface area contributed by atoms with Crippen molar-refractivity contribution in [3.05, 3.63) is 0 Å². The average Bonchev–Trinajstić information content (AvgIpc) is 2.99. The van der Waals surface area contributed by atoms with Crippen LogP contribution in [0.2, 0.25) is 0 Å². The van der Waals surface area contributed by atoms with Crippen molar-refractivity contribution in [2.45, 2.75) is 37.8 Å². The Morgan fingerprint density at radius 3 is 2.71 bits per heavy atom. The van der Waals surface area contributed by atoms with Crippen molar-refractivity contribution in [3.8, 4) is 0 Å². The van der Waals surface area contributed by atoms with Crippen LogP contribution in [0.4, 0.5) is 0 Å². The highest BCUT2D eigenvalue weighted by Gasteiger charge is 2.20. The van der Waals surface area contributed by atoms with Gasteiger partial charge in [-0.05, 0) is 58.9 Å². The van der Waals surface area contributed by atoms with Gasteiger partial charge < -0.3 is 20.6 Å². The molecule has 0 spiro atoms. The predicted molar refractivity (Wildman–Crippen MR) is 83.2 cm³/mol. The fourth-order valence-corrected chi connectivity index (χ4v) is 3.22. The van der Waals surface area contributed by atoms with Crippen molar-refractivity contribution >= 4 is 5.91 Å². The number of β-amino-alcohol motifs (C(OH)–C–C–N with tert-alkyl or cyclic N) is 1. The Labute approximate surface area is 127 Å². The van der Waals surface area contributed by atoms with Crippen LogP contribution < -0.4 is 10.6 Å². The first-order chi connectivity index (χ1) is 10.1. The van der Waals surface area contributed by atoms with Gasteiger partial charge in [0.1, 0.15) is 0 Å². The van der Waals surface area contributed by atoms with E-state index in [-0.39, 0.29) is 5.91 Å². The number of nitrogens with zero attached hydrogens (tertiary/aromatic N) is 2. The molecule has 122 valence electrons. The molecule has 2 fully saturated rings. The zero-order valence-electron chi connectivity index (χ0n) is 13.2. The van der Waals surface area contributed by atoms with Gasteiger partial charge in [0.05, 0.1) is 12.6 Å². The summed E-state index contributed by atoms with van der Waals surface area (Å²) in [6.45, 7) is 5.66. The van der Waals surface area contributed by atoms with Gasteiger partial charge in [0.15, 0.2) is 0 Å². The highest BCUT2D eigenvalue weighted by Crippen LogP contribution is 2.09. The van der Waals surface area contributed by atoms with E-state index < -0.39 is 6.10 Å². The molecule has 1 unspecified atom stereocenters. The number of carbonyl (C=O) groups excluding carboxylic acids is 1. The molecule has 0 aromatic carbocycles. The number of aliphatic hydroxyl groups excluding tert-OH is 1. The number of amides is 1. The van der Waals surface area contributed by atoms with Crippen molar-refractivity contribution in [1.82, 2.24) is 20.4 Å². The summed E-state index contributed by atoms with van der Waals surface area (Å²) >= 11 is 0. The van der Waals surface area contributed by atoms with E-state index in [0.29, 0.717) is 25.7 Å². The van der Waals surface area contributed by atoms with Crippen LogP contribution in [0.5, 0.6) is 0 Å². The maximum atomic E-state index is 11.9. The van der Waals surface area contributed by atoms with Gasteiger partial charge in [0, 0.05) is 19.1 Å². The molecule has 2 saturated heterocycles. The van der Waals surface area contributed by atoms with E-state index in [1.807, 2.05) is 7.05 Å². The fourth-order valence-electron chi connectivity index (χ4n) is 3.22. The Bertz CT molecular complexity index is 315. The van der Waals surface area contributed by atoms with E-state index in [9.17, 15) is 9.90 Å². The molecule has 3 N–H and O–H groups in total.